The smallest absolute Gasteiger partial charge is 0.397 e. The molecule has 2 aromatic rings. The molecule has 1 spiro atoms. The maximum Gasteiger partial charge on any atom is 0.397 e. The number of aryl methyl sites for hydroxylation is 2. The molecule has 0 aliphatic carbocycles. The topological polar surface area (TPSA) is 55.4 Å². The Hall–Kier alpha value is -1.26. The van der Waals surface area contributed by atoms with Crippen LogP contribution in [0.5, 0.6) is 11.5 Å². The van der Waals surface area contributed by atoms with Crippen LogP contribution in [0.25, 0.3) is 0 Å². The third kappa shape index (κ3) is 8.93. The molecule has 0 saturated carbocycles. The zero-order chi connectivity index (χ0) is 31.7. The van der Waals surface area contributed by atoms with Crippen molar-refractivity contribution < 1.29 is 27.4 Å². The SMILES string of the molecule is Cc1cc(CC(C)C)c(OP2OCC3(COP(Oc4c(C(C)(C)C)cc(C)cc4C(C)(C)C)CO3)CO2)c(CC(C)C)c1. The lowest BCUT2D eigenvalue weighted by Gasteiger charge is -2.42. The van der Waals surface area contributed by atoms with E-state index < -0.39 is 22.6 Å². The van der Waals surface area contributed by atoms with Crippen molar-refractivity contribution in [2.45, 2.75) is 112 Å². The van der Waals surface area contributed by atoms with Crippen molar-refractivity contribution in [1.29, 1.82) is 0 Å². The van der Waals surface area contributed by atoms with Gasteiger partial charge in [0, 0.05) is 11.1 Å². The van der Waals surface area contributed by atoms with Gasteiger partial charge in [0.2, 0.25) is 0 Å². The molecule has 1 atom stereocenters. The number of ether oxygens (including phenoxy) is 1. The summed E-state index contributed by atoms with van der Waals surface area (Å²) in [4.78, 5) is 0. The lowest BCUT2D eigenvalue weighted by Crippen LogP contribution is -2.50. The zero-order valence-electron chi connectivity index (χ0n) is 28.6. The highest BCUT2D eigenvalue weighted by atomic mass is 31.2. The van der Waals surface area contributed by atoms with Crippen molar-refractivity contribution in [2.75, 3.05) is 26.2 Å². The van der Waals surface area contributed by atoms with E-state index in [-0.39, 0.29) is 10.8 Å². The molecule has 4 rings (SSSR count). The Morgan fingerprint density at radius 1 is 0.698 bits per heavy atom. The molecule has 0 amide bonds. The third-order valence-corrected chi connectivity index (χ3v) is 9.82. The van der Waals surface area contributed by atoms with Gasteiger partial charge >= 0.3 is 8.60 Å². The van der Waals surface area contributed by atoms with E-state index in [4.69, 9.17) is 27.4 Å². The second kappa shape index (κ2) is 13.6. The Kier molecular flexibility index (Phi) is 11.0. The Balaban J connectivity index is 1.43. The number of rotatable bonds is 8. The van der Waals surface area contributed by atoms with Gasteiger partial charge in [-0.15, -0.1) is 0 Å². The second-order valence-electron chi connectivity index (χ2n) is 15.3. The summed E-state index contributed by atoms with van der Waals surface area (Å²) in [6, 6.07) is 8.96. The molecule has 0 N–H and O–H groups in total. The normalized spacial score (nSPS) is 23.3. The van der Waals surface area contributed by atoms with Gasteiger partial charge in [-0.3, -0.25) is 9.05 Å². The minimum Gasteiger partial charge on any atom is -0.445 e. The first-order valence-corrected chi connectivity index (χ1v) is 18.2. The summed E-state index contributed by atoms with van der Waals surface area (Å²) in [7, 11) is -2.82. The van der Waals surface area contributed by atoms with Gasteiger partial charge in [-0.1, -0.05) is 105 Å². The number of benzene rings is 2. The first kappa shape index (κ1) is 34.6. The summed E-state index contributed by atoms with van der Waals surface area (Å²) < 4.78 is 38.4. The predicted octanol–water partition coefficient (Wildman–Crippen LogP) is 10.1. The average Bonchev–Trinajstić information content (AvgIpc) is 2.87. The largest absolute Gasteiger partial charge is 0.445 e. The van der Waals surface area contributed by atoms with Gasteiger partial charge in [0.1, 0.15) is 23.4 Å². The number of hydrogen-bond acceptors (Lipinski definition) is 6. The van der Waals surface area contributed by atoms with Crippen molar-refractivity contribution in [3.63, 3.8) is 0 Å². The van der Waals surface area contributed by atoms with Gasteiger partial charge in [-0.05, 0) is 60.5 Å². The van der Waals surface area contributed by atoms with Crippen LogP contribution < -0.4 is 9.05 Å². The van der Waals surface area contributed by atoms with E-state index in [2.05, 4.69) is 107 Å². The highest BCUT2D eigenvalue weighted by Gasteiger charge is 2.45. The molecule has 0 aromatic heterocycles. The Morgan fingerprint density at radius 2 is 1.16 bits per heavy atom. The van der Waals surface area contributed by atoms with Crippen molar-refractivity contribution >= 4 is 17.0 Å². The summed E-state index contributed by atoms with van der Waals surface area (Å²) in [6.07, 6.45) is 2.26. The quantitative estimate of drug-likeness (QED) is 0.270. The molecule has 2 aliphatic rings. The minimum atomic E-state index is -1.54. The molecule has 2 heterocycles. The van der Waals surface area contributed by atoms with Crippen LogP contribution in [0.4, 0.5) is 0 Å². The summed E-state index contributed by atoms with van der Waals surface area (Å²) in [5.41, 5.74) is 6.53. The van der Waals surface area contributed by atoms with E-state index in [0.29, 0.717) is 38.0 Å². The molecule has 6 nitrogen and oxygen atoms in total. The molecule has 240 valence electrons. The highest BCUT2D eigenvalue weighted by molar-refractivity contribution is 7.47. The van der Waals surface area contributed by atoms with Crippen LogP contribution in [-0.4, -0.2) is 31.8 Å². The molecule has 2 aromatic carbocycles. The van der Waals surface area contributed by atoms with E-state index in [1.54, 1.807) is 0 Å². The van der Waals surface area contributed by atoms with Crippen LogP contribution in [0, 0.1) is 25.7 Å². The van der Waals surface area contributed by atoms with Crippen molar-refractivity contribution in [2.24, 2.45) is 11.8 Å². The lowest BCUT2D eigenvalue weighted by molar-refractivity contribution is -0.141. The first-order valence-electron chi connectivity index (χ1n) is 15.7. The van der Waals surface area contributed by atoms with Crippen LogP contribution >= 0.6 is 17.0 Å². The monoisotopic (exact) mass is 632 g/mol. The minimum absolute atomic E-state index is 0.0711. The van der Waals surface area contributed by atoms with Crippen LogP contribution in [-0.2, 0) is 42.0 Å². The molecule has 8 heteroatoms. The third-order valence-electron chi connectivity index (χ3n) is 7.67. The Morgan fingerprint density at radius 3 is 1.58 bits per heavy atom. The molecule has 2 aliphatic heterocycles. The van der Waals surface area contributed by atoms with Crippen LogP contribution in [0.15, 0.2) is 24.3 Å². The molecule has 0 bridgehead atoms. The van der Waals surface area contributed by atoms with E-state index in [0.717, 1.165) is 24.3 Å². The summed E-state index contributed by atoms with van der Waals surface area (Å²) in [5.74, 6) is 2.89. The summed E-state index contributed by atoms with van der Waals surface area (Å²) >= 11 is 0. The highest BCUT2D eigenvalue weighted by Crippen LogP contribution is 2.54. The van der Waals surface area contributed by atoms with Gasteiger partial charge in [-0.2, -0.15) is 0 Å². The molecule has 0 radical (unpaired) electrons. The van der Waals surface area contributed by atoms with Crippen molar-refractivity contribution in [3.8, 4) is 11.5 Å². The number of hydrogen-bond donors (Lipinski definition) is 0. The van der Waals surface area contributed by atoms with Crippen molar-refractivity contribution in [1.82, 2.24) is 0 Å². The molecule has 43 heavy (non-hydrogen) atoms. The van der Waals surface area contributed by atoms with Crippen LogP contribution in [0.2, 0.25) is 0 Å². The maximum absolute atomic E-state index is 6.67. The fraction of sp³-hybridized carbons (Fsp3) is 0.657. The Bertz CT molecular complexity index is 1180. The lowest BCUT2D eigenvalue weighted by atomic mass is 9.78. The molecular weight excluding hydrogens is 578 g/mol. The van der Waals surface area contributed by atoms with Gasteiger partial charge in [0.05, 0.1) is 19.8 Å². The summed E-state index contributed by atoms with van der Waals surface area (Å²) in [5, 5.41) is 0. The molecule has 2 saturated heterocycles. The van der Waals surface area contributed by atoms with Crippen molar-refractivity contribution in [3.05, 3.63) is 57.6 Å². The van der Waals surface area contributed by atoms with Crippen LogP contribution in [0.1, 0.15) is 103 Å². The first-order chi connectivity index (χ1) is 20.0. The van der Waals surface area contributed by atoms with Gasteiger partial charge in [-0.25, -0.2) is 0 Å². The molecular formula is C35H54O6P2. The average molecular weight is 633 g/mol. The second-order valence-corrected chi connectivity index (χ2v) is 17.8. The van der Waals surface area contributed by atoms with E-state index in [1.165, 1.54) is 33.4 Å². The van der Waals surface area contributed by atoms with E-state index in [1.807, 2.05) is 0 Å². The zero-order valence-corrected chi connectivity index (χ0v) is 30.3. The standard InChI is InChI=1S/C35H54O6P2/c1-23(2)13-27-15-25(5)16-28(14-24(3)4)31(27)41-43-38-20-35(21-39-43)19-37-42(22-36-35)40-32-29(33(7,8)9)17-26(6)18-30(32)34(10,11)12/h15-18,23-24H,13-14,19-22H2,1-12H3. The maximum atomic E-state index is 6.67. The molecule has 1 unspecified atom stereocenters. The fourth-order valence-electron chi connectivity index (χ4n) is 5.54. The Labute approximate surface area is 263 Å². The van der Waals surface area contributed by atoms with E-state index >= 15 is 0 Å². The van der Waals surface area contributed by atoms with E-state index in [9.17, 15) is 0 Å². The van der Waals surface area contributed by atoms with Gasteiger partial charge in [0.25, 0.3) is 8.38 Å². The summed E-state index contributed by atoms with van der Waals surface area (Å²) in [6.45, 7) is 27.7. The van der Waals surface area contributed by atoms with Crippen LogP contribution in [0.3, 0.4) is 0 Å². The fourth-order valence-corrected chi connectivity index (χ4v) is 8.12. The molecule has 2 fully saturated rings. The predicted molar refractivity (Wildman–Crippen MR) is 178 cm³/mol. The van der Waals surface area contributed by atoms with Gasteiger partial charge in [0.15, 0.2) is 0 Å². The van der Waals surface area contributed by atoms with Gasteiger partial charge < -0.3 is 18.3 Å².